The summed E-state index contributed by atoms with van der Waals surface area (Å²) in [6.07, 6.45) is 10.3. The van der Waals surface area contributed by atoms with Crippen LogP contribution in [-0.2, 0) is 16.2 Å². The average Bonchev–Trinajstić information content (AvgIpc) is 3.06. The summed E-state index contributed by atoms with van der Waals surface area (Å²) in [5, 5.41) is 16.2. The Labute approximate surface area is 231 Å². The third-order valence-corrected chi connectivity index (χ3v) is 7.49. The van der Waals surface area contributed by atoms with Crippen molar-refractivity contribution in [2.45, 2.75) is 45.7 Å². The van der Waals surface area contributed by atoms with Crippen molar-refractivity contribution in [2.24, 2.45) is 5.16 Å². The number of unbranched alkanes of at least 4 members (excludes halogenated alkanes) is 2. The number of carbonyl (C=O) groups is 2. The maximum atomic E-state index is 13.6. The van der Waals surface area contributed by atoms with E-state index in [0.717, 1.165) is 40.2 Å². The van der Waals surface area contributed by atoms with E-state index in [1.807, 2.05) is 30.0 Å². The van der Waals surface area contributed by atoms with Crippen LogP contribution in [0.3, 0.4) is 0 Å². The van der Waals surface area contributed by atoms with Crippen molar-refractivity contribution >= 4 is 52.3 Å². The zero-order valence-electron chi connectivity index (χ0n) is 22.0. The molecule has 0 aliphatic heterocycles. The minimum Gasteiger partial charge on any atom is -0.340 e. The summed E-state index contributed by atoms with van der Waals surface area (Å²) in [7, 11) is 0. The third kappa shape index (κ3) is 6.72. The summed E-state index contributed by atoms with van der Waals surface area (Å²) in [4.78, 5) is 41.1. The predicted molar refractivity (Wildman–Crippen MR) is 157 cm³/mol. The molecular weight excluding hydrogens is 514 g/mol. The fraction of sp³-hybridized carbons (Fsp3) is 0.300. The maximum Gasteiger partial charge on any atom is 0.332 e. The first-order chi connectivity index (χ1) is 18.9. The molecule has 1 aliphatic rings. The number of nitro groups is 1. The summed E-state index contributed by atoms with van der Waals surface area (Å²) < 4.78 is 2.17. The lowest BCUT2D eigenvalue weighted by molar-refractivity contribution is -0.496. The van der Waals surface area contributed by atoms with E-state index in [9.17, 15) is 19.7 Å². The number of nitrogens with zero attached hydrogens (tertiary/aromatic N) is 3. The number of fused-ring (bicyclic) bond motifs is 3. The van der Waals surface area contributed by atoms with Crippen LogP contribution in [0.5, 0.6) is 0 Å². The smallest absolute Gasteiger partial charge is 0.332 e. The van der Waals surface area contributed by atoms with E-state index in [1.165, 1.54) is 26.2 Å². The van der Waals surface area contributed by atoms with Crippen LogP contribution in [0, 0.1) is 10.1 Å². The second-order valence-corrected chi connectivity index (χ2v) is 10.4. The van der Waals surface area contributed by atoms with Gasteiger partial charge in [0, 0.05) is 57.4 Å². The summed E-state index contributed by atoms with van der Waals surface area (Å²) >= 11 is 1.90. The molecule has 0 fully saturated rings. The Morgan fingerprint density at radius 2 is 1.82 bits per heavy atom. The SMILES string of the molecule is CCCCCSCCn1c2c(c3cc(C(=O)/C(=N/OC(C)=O)c4ccccc4)ccc31)C=CC([N+](=O)[O-])C=C2. The van der Waals surface area contributed by atoms with Crippen LogP contribution in [0.15, 0.2) is 65.8 Å². The van der Waals surface area contributed by atoms with Gasteiger partial charge in [0.1, 0.15) is 0 Å². The number of thioether (sulfide) groups is 1. The van der Waals surface area contributed by atoms with Crippen LogP contribution < -0.4 is 0 Å². The van der Waals surface area contributed by atoms with E-state index in [1.54, 1.807) is 54.6 Å². The second-order valence-electron chi connectivity index (χ2n) is 9.21. The fourth-order valence-electron chi connectivity index (χ4n) is 4.51. The molecule has 9 heteroatoms. The first kappa shape index (κ1) is 28.0. The Balaban J connectivity index is 1.74. The lowest BCUT2D eigenvalue weighted by Gasteiger charge is -2.10. The molecule has 1 heterocycles. The molecule has 0 spiro atoms. The molecule has 0 saturated carbocycles. The molecule has 0 saturated heterocycles. The molecule has 0 amide bonds. The minimum absolute atomic E-state index is 0.0167. The quantitative estimate of drug-likeness (QED) is 0.0651. The monoisotopic (exact) mass is 545 g/mol. The van der Waals surface area contributed by atoms with Crippen molar-refractivity contribution in [3.63, 3.8) is 0 Å². The topological polar surface area (TPSA) is 104 Å². The Bertz CT molecular complexity index is 1460. The molecule has 8 nitrogen and oxygen atoms in total. The Morgan fingerprint density at radius 3 is 2.54 bits per heavy atom. The van der Waals surface area contributed by atoms with Crippen LogP contribution in [0.4, 0.5) is 0 Å². The largest absolute Gasteiger partial charge is 0.340 e. The van der Waals surface area contributed by atoms with Gasteiger partial charge < -0.3 is 9.40 Å². The van der Waals surface area contributed by atoms with Crippen molar-refractivity contribution in [2.75, 3.05) is 11.5 Å². The maximum absolute atomic E-state index is 13.6. The lowest BCUT2D eigenvalue weighted by atomic mass is 9.98. The number of rotatable bonds is 12. The van der Waals surface area contributed by atoms with Crippen LogP contribution in [0.1, 0.15) is 60.3 Å². The lowest BCUT2D eigenvalue weighted by Crippen LogP contribution is -2.17. The van der Waals surface area contributed by atoms with Gasteiger partial charge in [-0.25, -0.2) is 4.79 Å². The van der Waals surface area contributed by atoms with E-state index >= 15 is 0 Å². The molecule has 39 heavy (non-hydrogen) atoms. The van der Waals surface area contributed by atoms with Gasteiger partial charge in [-0.05, 0) is 54.7 Å². The van der Waals surface area contributed by atoms with Gasteiger partial charge in [-0.1, -0.05) is 55.3 Å². The highest BCUT2D eigenvalue weighted by Crippen LogP contribution is 2.32. The van der Waals surface area contributed by atoms with Crippen molar-refractivity contribution in [3.05, 3.63) is 93.2 Å². The van der Waals surface area contributed by atoms with Gasteiger partial charge in [-0.2, -0.15) is 11.8 Å². The van der Waals surface area contributed by atoms with E-state index in [2.05, 4.69) is 16.6 Å². The molecule has 0 N–H and O–H groups in total. The molecule has 0 bridgehead atoms. The number of aromatic nitrogens is 1. The first-order valence-corrected chi connectivity index (χ1v) is 14.2. The van der Waals surface area contributed by atoms with Crippen LogP contribution in [0.25, 0.3) is 23.1 Å². The minimum atomic E-state index is -0.922. The van der Waals surface area contributed by atoms with Gasteiger partial charge >= 0.3 is 5.97 Å². The molecule has 2 aromatic carbocycles. The molecule has 1 unspecified atom stereocenters. The molecule has 0 radical (unpaired) electrons. The van der Waals surface area contributed by atoms with Gasteiger partial charge in [-0.3, -0.25) is 14.9 Å². The van der Waals surface area contributed by atoms with E-state index in [-0.39, 0.29) is 10.6 Å². The molecular formula is C30H31N3O5S. The number of carbonyl (C=O) groups excluding carboxylic acids is 2. The molecule has 1 aromatic heterocycles. The Hall–Kier alpha value is -3.98. The highest BCUT2D eigenvalue weighted by molar-refractivity contribution is 7.99. The van der Waals surface area contributed by atoms with Crippen molar-refractivity contribution in [1.82, 2.24) is 4.57 Å². The summed E-state index contributed by atoms with van der Waals surface area (Å²) in [5.41, 5.74) is 3.56. The number of Topliss-reactive ketones (excluding diaryl/α,β-unsaturated/α-hetero) is 1. The van der Waals surface area contributed by atoms with Crippen LogP contribution in [-0.4, -0.2) is 44.5 Å². The second kappa shape index (κ2) is 13.2. The number of ketones is 1. The van der Waals surface area contributed by atoms with E-state index in [4.69, 9.17) is 4.84 Å². The normalized spacial score (nSPS) is 14.7. The zero-order chi connectivity index (χ0) is 27.8. The van der Waals surface area contributed by atoms with E-state index < -0.39 is 17.8 Å². The number of aryl methyl sites for hydroxylation is 1. The molecule has 1 aliphatic carbocycles. The van der Waals surface area contributed by atoms with Gasteiger partial charge in [0.15, 0.2) is 5.71 Å². The summed E-state index contributed by atoms with van der Waals surface area (Å²) in [6, 6.07) is 13.3. The number of benzene rings is 2. The summed E-state index contributed by atoms with van der Waals surface area (Å²) in [6.45, 7) is 4.15. The molecule has 4 rings (SSSR count). The predicted octanol–water partition coefficient (Wildman–Crippen LogP) is 6.40. The Kier molecular flexibility index (Phi) is 9.49. The van der Waals surface area contributed by atoms with Gasteiger partial charge in [0.25, 0.3) is 0 Å². The van der Waals surface area contributed by atoms with Crippen molar-refractivity contribution in [3.8, 4) is 0 Å². The fourth-order valence-corrected chi connectivity index (χ4v) is 5.43. The van der Waals surface area contributed by atoms with Crippen LogP contribution >= 0.6 is 11.8 Å². The Morgan fingerprint density at radius 1 is 1.05 bits per heavy atom. The van der Waals surface area contributed by atoms with Crippen LogP contribution in [0.2, 0.25) is 0 Å². The third-order valence-electron chi connectivity index (χ3n) is 6.44. The van der Waals surface area contributed by atoms with Crippen molar-refractivity contribution < 1.29 is 19.3 Å². The standard InChI is InChI=1S/C30H31N3O5S/c1-3-4-8-18-39-19-17-32-27-16-13-24(33(36)37)12-14-25(27)26-20-23(11-15-28(26)32)30(35)29(31-38-21(2)34)22-9-6-5-7-10-22/h5-7,9-16,20,24H,3-4,8,17-19H2,1-2H3/b31-29+. The zero-order valence-corrected chi connectivity index (χ0v) is 22.9. The molecule has 202 valence electrons. The number of oxime groups is 1. The molecule has 3 aromatic rings. The highest BCUT2D eigenvalue weighted by Gasteiger charge is 2.23. The number of hydrogen-bond donors (Lipinski definition) is 0. The van der Waals surface area contributed by atoms with Gasteiger partial charge in [0.05, 0.1) is 0 Å². The number of hydrogen-bond acceptors (Lipinski definition) is 7. The van der Waals surface area contributed by atoms with E-state index in [0.29, 0.717) is 11.1 Å². The molecule has 1 atom stereocenters. The first-order valence-electron chi connectivity index (χ1n) is 13.0. The average molecular weight is 546 g/mol. The highest BCUT2D eigenvalue weighted by atomic mass is 32.2. The van der Waals surface area contributed by atoms with Gasteiger partial charge in [-0.15, -0.1) is 0 Å². The summed E-state index contributed by atoms with van der Waals surface area (Å²) in [5.74, 6) is 0.980. The van der Waals surface area contributed by atoms with Crippen molar-refractivity contribution in [1.29, 1.82) is 0 Å². The van der Waals surface area contributed by atoms with Gasteiger partial charge in [0.2, 0.25) is 11.8 Å².